The number of aliphatic imine (C=N–C) groups is 1. The molecule has 3 heterocycles. The van der Waals surface area contributed by atoms with Gasteiger partial charge in [-0.2, -0.15) is 0 Å². The second kappa shape index (κ2) is 7.05. The topological polar surface area (TPSA) is 95.9 Å². The highest BCUT2D eigenvalue weighted by Crippen LogP contribution is 2.39. The predicted octanol–water partition coefficient (Wildman–Crippen LogP) is 3.05. The number of nitrogens with two attached hydrogens (primary N) is 1. The highest BCUT2D eigenvalue weighted by atomic mass is 16.5. The van der Waals surface area contributed by atoms with Gasteiger partial charge in [0, 0.05) is 24.1 Å². The van der Waals surface area contributed by atoms with Gasteiger partial charge in [0.15, 0.2) is 23.6 Å². The zero-order valence-electron chi connectivity index (χ0n) is 15.8. The van der Waals surface area contributed by atoms with Crippen LogP contribution in [0.3, 0.4) is 0 Å². The number of imidazole rings is 1. The van der Waals surface area contributed by atoms with E-state index in [4.69, 9.17) is 24.9 Å². The van der Waals surface area contributed by atoms with Crippen LogP contribution in [0.25, 0.3) is 11.0 Å². The zero-order valence-corrected chi connectivity index (χ0v) is 15.8. The molecule has 0 radical (unpaired) electrons. The molecule has 1 atom stereocenters. The van der Waals surface area contributed by atoms with E-state index in [1.807, 2.05) is 41.0 Å². The smallest absolute Gasteiger partial charge is 0.212 e. The summed E-state index contributed by atoms with van der Waals surface area (Å²) in [4.78, 5) is 9.33. The first-order chi connectivity index (χ1) is 14.2. The molecule has 29 heavy (non-hydrogen) atoms. The standard InChI is InChI=1S/C21H21N5O3/c1-2-7-27-14-6-3-5-13(10-14)19-24-20(22)25-21-23-15-11-17-18(12-16(15)26(19)21)29-9-4-8-28-17/h2-3,5-6,10-12,19H,1,4,7-9H2,(H3,22,23,24,25). The van der Waals surface area contributed by atoms with Crippen molar-refractivity contribution in [2.75, 3.05) is 25.1 Å². The number of fused-ring (bicyclic) bond motifs is 4. The first-order valence-corrected chi connectivity index (χ1v) is 9.48. The van der Waals surface area contributed by atoms with Crippen molar-refractivity contribution < 1.29 is 14.2 Å². The summed E-state index contributed by atoms with van der Waals surface area (Å²) in [6, 6.07) is 11.6. The number of nitrogens with zero attached hydrogens (tertiary/aromatic N) is 3. The maximum absolute atomic E-state index is 6.05. The molecule has 0 amide bonds. The van der Waals surface area contributed by atoms with E-state index in [0.717, 1.165) is 28.8 Å². The number of aromatic nitrogens is 2. The third kappa shape index (κ3) is 3.12. The SMILES string of the molecule is C=CCOc1cccc(C2N=C(N)Nc3nc4cc5c(cc4n32)OCCCO5)c1. The first-order valence-electron chi connectivity index (χ1n) is 9.48. The van der Waals surface area contributed by atoms with Crippen LogP contribution in [0.4, 0.5) is 5.95 Å². The van der Waals surface area contributed by atoms with E-state index < -0.39 is 0 Å². The van der Waals surface area contributed by atoms with Crippen LogP contribution < -0.4 is 25.3 Å². The summed E-state index contributed by atoms with van der Waals surface area (Å²) in [6.07, 6.45) is 2.18. The van der Waals surface area contributed by atoms with Gasteiger partial charge in [-0.25, -0.2) is 9.98 Å². The molecule has 0 saturated heterocycles. The summed E-state index contributed by atoms with van der Waals surface area (Å²) in [7, 11) is 0. The van der Waals surface area contributed by atoms with Crippen LogP contribution in [0.15, 0.2) is 54.0 Å². The van der Waals surface area contributed by atoms with Crippen molar-refractivity contribution in [2.45, 2.75) is 12.6 Å². The van der Waals surface area contributed by atoms with Crippen molar-refractivity contribution in [2.24, 2.45) is 10.7 Å². The van der Waals surface area contributed by atoms with Crippen LogP contribution in [0.5, 0.6) is 17.2 Å². The van der Waals surface area contributed by atoms with Gasteiger partial charge in [0.2, 0.25) is 5.95 Å². The monoisotopic (exact) mass is 391 g/mol. The van der Waals surface area contributed by atoms with Gasteiger partial charge in [-0.05, 0) is 12.1 Å². The van der Waals surface area contributed by atoms with Crippen molar-refractivity contribution in [1.29, 1.82) is 0 Å². The van der Waals surface area contributed by atoms with Crippen molar-refractivity contribution in [3.05, 3.63) is 54.6 Å². The second-order valence-electron chi connectivity index (χ2n) is 6.83. The molecule has 0 aliphatic carbocycles. The molecule has 1 unspecified atom stereocenters. The highest BCUT2D eigenvalue weighted by molar-refractivity contribution is 5.95. The summed E-state index contributed by atoms with van der Waals surface area (Å²) in [5, 5.41) is 3.05. The normalized spacial score (nSPS) is 17.7. The first kappa shape index (κ1) is 17.4. The molecular weight excluding hydrogens is 370 g/mol. The van der Waals surface area contributed by atoms with E-state index in [-0.39, 0.29) is 6.17 Å². The predicted molar refractivity (Wildman–Crippen MR) is 111 cm³/mol. The maximum atomic E-state index is 6.05. The Morgan fingerprint density at radius 3 is 2.90 bits per heavy atom. The molecule has 0 bridgehead atoms. The number of rotatable bonds is 4. The fourth-order valence-electron chi connectivity index (χ4n) is 3.57. The van der Waals surface area contributed by atoms with Gasteiger partial charge in [-0.15, -0.1) is 0 Å². The van der Waals surface area contributed by atoms with Crippen LogP contribution in [0, 0.1) is 0 Å². The van der Waals surface area contributed by atoms with E-state index in [1.165, 1.54) is 0 Å². The molecule has 0 fully saturated rings. The third-order valence-electron chi connectivity index (χ3n) is 4.83. The van der Waals surface area contributed by atoms with Crippen LogP contribution in [-0.4, -0.2) is 35.3 Å². The Bertz CT molecular complexity index is 1120. The molecule has 5 rings (SSSR count). The van der Waals surface area contributed by atoms with Gasteiger partial charge in [-0.1, -0.05) is 24.8 Å². The molecular formula is C21H21N5O3. The van der Waals surface area contributed by atoms with Crippen molar-refractivity contribution >= 4 is 22.9 Å². The highest BCUT2D eigenvalue weighted by Gasteiger charge is 2.27. The van der Waals surface area contributed by atoms with Crippen LogP contribution in [0.1, 0.15) is 18.2 Å². The van der Waals surface area contributed by atoms with Gasteiger partial charge in [-0.3, -0.25) is 9.88 Å². The fourth-order valence-corrected chi connectivity index (χ4v) is 3.57. The number of nitrogens with one attached hydrogen (secondary N) is 1. The van der Waals surface area contributed by atoms with Crippen molar-refractivity contribution in [1.82, 2.24) is 9.55 Å². The van der Waals surface area contributed by atoms with E-state index in [1.54, 1.807) is 6.08 Å². The minimum absolute atomic E-state index is 0.310. The van der Waals surface area contributed by atoms with E-state index in [9.17, 15) is 0 Å². The largest absolute Gasteiger partial charge is 0.490 e. The van der Waals surface area contributed by atoms with Gasteiger partial charge in [0.25, 0.3) is 0 Å². The minimum Gasteiger partial charge on any atom is -0.490 e. The summed E-state index contributed by atoms with van der Waals surface area (Å²) < 4.78 is 19.4. The quantitative estimate of drug-likeness (QED) is 0.664. The molecule has 3 N–H and O–H groups in total. The number of hydrogen-bond acceptors (Lipinski definition) is 7. The molecule has 2 aliphatic heterocycles. The molecule has 8 nitrogen and oxygen atoms in total. The summed E-state index contributed by atoms with van der Waals surface area (Å²) >= 11 is 0. The number of benzene rings is 2. The molecule has 148 valence electrons. The molecule has 3 aromatic rings. The Balaban J connectivity index is 1.63. The lowest BCUT2D eigenvalue weighted by molar-refractivity contribution is 0.297. The maximum Gasteiger partial charge on any atom is 0.212 e. The lowest BCUT2D eigenvalue weighted by atomic mass is 10.1. The van der Waals surface area contributed by atoms with Gasteiger partial charge < -0.3 is 19.9 Å². The molecule has 0 saturated carbocycles. The number of anilines is 1. The van der Waals surface area contributed by atoms with Crippen LogP contribution >= 0.6 is 0 Å². The Kier molecular flexibility index (Phi) is 4.23. The minimum atomic E-state index is -0.381. The van der Waals surface area contributed by atoms with Gasteiger partial charge in [0.1, 0.15) is 12.4 Å². The molecule has 2 aliphatic rings. The Morgan fingerprint density at radius 2 is 2.07 bits per heavy atom. The van der Waals surface area contributed by atoms with Crippen molar-refractivity contribution in [3.63, 3.8) is 0 Å². The molecule has 0 spiro atoms. The second-order valence-corrected chi connectivity index (χ2v) is 6.83. The van der Waals surface area contributed by atoms with Crippen LogP contribution in [-0.2, 0) is 0 Å². The number of hydrogen-bond donors (Lipinski definition) is 2. The molecule has 1 aromatic heterocycles. The average molecular weight is 391 g/mol. The third-order valence-corrected chi connectivity index (χ3v) is 4.83. The number of ether oxygens (including phenoxy) is 3. The van der Waals surface area contributed by atoms with Crippen LogP contribution in [0.2, 0.25) is 0 Å². The summed E-state index contributed by atoms with van der Waals surface area (Å²) in [6.45, 7) is 5.37. The van der Waals surface area contributed by atoms with Gasteiger partial charge in [0.05, 0.1) is 24.2 Å². The summed E-state index contributed by atoms with van der Waals surface area (Å²) in [5.74, 6) is 3.09. The van der Waals surface area contributed by atoms with E-state index in [0.29, 0.717) is 43.2 Å². The lowest BCUT2D eigenvalue weighted by Crippen LogP contribution is -2.31. The van der Waals surface area contributed by atoms with E-state index >= 15 is 0 Å². The Morgan fingerprint density at radius 1 is 1.24 bits per heavy atom. The van der Waals surface area contributed by atoms with Gasteiger partial charge >= 0.3 is 0 Å². The average Bonchev–Trinajstić information content (AvgIpc) is 2.91. The van der Waals surface area contributed by atoms with Crippen molar-refractivity contribution in [3.8, 4) is 17.2 Å². The molecule has 2 aromatic carbocycles. The Labute approximate surface area is 167 Å². The fraction of sp³-hybridized carbons (Fsp3) is 0.238. The summed E-state index contributed by atoms with van der Waals surface area (Å²) in [5.41, 5.74) is 8.65. The Hall–Kier alpha value is -3.68. The molecule has 8 heteroatoms. The lowest BCUT2D eigenvalue weighted by Gasteiger charge is -2.24. The van der Waals surface area contributed by atoms with E-state index in [2.05, 4.69) is 16.9 Å². The number of guanidine groups is 1. The zero-order chi connectivity index (χ0) is 19.8.